The SMILES string of the molecule is C[C@@H](/C=C/CC(=O)N(CCO)Cc1ccccc1)[C@]1(O)C(=O)N(Cc2cccc(N3CN(c4ccccc4)C4(CCNCC4)C3=O)c2)c2ccccc21. The van der Waals surface area contributed by atoms with Gasteiger partial charge in [-0.1, -0.05) is 97.9 Å². The Hall–Kier alpha value is -5.29. The van der Waals surface area contributed by atoms with E-state index in [9.17, 15) is 24.6 Å². The molecule has 0 unspecified atom stereocenters. The van der Waals surface area contributed by atoms with Gasteiger partial charge in [0.05, 0.1) is 25.5 Å². The Morgan fingerprint density at radius 2 is 1.53 bits per heavy atom. The van der Waals surface area contributed by atoms with Crippen LogP contribution in [0.1, 0.15) is 42.9 Å². The molecule has 0 radical (unpaired) electrons. The molecule has 3 aliphatic rings. The number of aliphatic hydroxyl groups is 2. The minimum absolute atomic E-state index is 0.0638. The highest BCUT2D eigenvalue weighted by atomic mass is 16.3. The van der Waals surface area contributed by atoms with Crippen molar-refractivity contribution in [3.8, 4) is 0 Å². The third-order valence-corrected chi connectivity index (χ3v) is 11.0. The number of fused-ring (bicyclic) bond motifs is 1. The van der Waals surface area contributed by atoms with Crippen molar-refractivity contribution in [2.24, 2.45) is 5.92 Å². The van der Waals surface area contributed by atoms with Crippen LogP contribution >= 0.6 is 0 Å². The number of carbonyl (C=O) groups is 3. The number of para-hydroxylation sites is 2. The second-order valence-electron chi connectivity index (χ2n) is 14.2. The Bertz CT molecular complexity index is 1960. The minimum atomic E-state index is -1.84. The third kappa shape index (κ3) is 6.85. The first-order chi connectivity index (χ1) is 25.8. The Morgan fingerprint density at radius 1 is 0.868 bits per heavy atom. The standard InChI is InChI=1S/C43H47N5O5/c1-32(12-10-21-39(50)45(26-27-49)29-33-13-4-2-5-14-33)43(53)37-19-8-9-20-38(37)46(41(43)52)30-34-15-11-18-36(28-34)47-31-48(35-16-6-3-7-17-35)42(40(47)51)22-24-44-25-23-42/h2-20,28,32,44,49,53H,21-27,29-31H2,1H3/b12-10+/t32-,43+/m0/s1. The van der Waals surface area contributed by atoms with Crippen LogP contribution in [0.3, 0.4) is 0 Å². The van der Waals surface area contributed by atoms with Crippen molar-refractivity contribution in [3.63, 3.8) is 0 Å². The molecule has 4 aromatic rings. The van der Waals surface area contributed by atoms with E-state index in [1.807, 2.05) is 95.9 Å². The average molecular weight is 714 g/mol. The van der Waals surface area contributed by atoms with Crippen LogP contribution in [0.5, 0.6) is 0 Å². The van der Waals surface area contributed by atoms with E-state index >= 15 is 0 Å². The summed E-state index contributed by atoms with van der Waals surface area (Å²) in [5, 5.41) is 25.2. The summed E-state index contributed by atoms with van der Waals surface area (Å²) in [6.07, 6.45) is 4.91. The fourth-order valence-electron chi connectivity index (χ4n) is 8.09. The summed E-state index contributed by atoms with van der Waals surface area (Å²) in [6.45, 7) is 4.38. The van der Waals surface area contributed by atoms with Gasteiger partial charge in [-0.05, 0) is 67.4 Å². The highest BCUT2D eigenvalue weighted by Gasteiger charge is 2.54. The lowest BCUT2D eigenvalue weighted by molar-refractivity contribution is -0.139. The topological polar surface area (TPSA) is 117 Å². The molecule has 0 bridgehead atoms. The third-order valence-electron chi connectivity index (χ3n) is 11.0. The smallest absolute Gasteiger partial charge is 0.264 e. The summed E-state index contributed by atoms with van der Waals surface area (Å²) in [7, 11) is 0. The minimum Gasteiger partial charge on any atom is -0.395 e. The van der Waals surface area contributed by atoms with Gasteiger partial charge in [0.15, 0.2) is 5.60 Å². The van der Waals surface area contributed by atoms with Gasteiger partial charge < -0.3 is 30.2 Å². The summed E-state index contributed by atoms with van der Waals surface area (Å²) in [6, 6.07) is 34.7. The molecule has 3 amide bonds. The van der Waals surface area contributed by atoms with E-state index in [1.54, 1.807) is 34.9 Å². The molecule has 2 saturated heterocycles. The second kappa shape index (κ2) is 15.4. The maximum atomic E-state index is 14.3. The Labute approximate surface area is 310 Å². The average Bonchev–Trinajstić information content (AvgIpc) is 3.59. The molecule has 3 heterocycles. The molecular weight excluding hydrogens is 667 g/mol. The number of aliphatic hydroxyl groups excluding tert-OH is 1. The molecule has 1 spiro atoms. The lowest BCUT2D eigenvalue weighted by Gasteiger charge is -2.39. The first-order valence-electron chi connectivity index (χ1n) is 18.4. The second-order valence-corrected chi connectivity index (χ2v) is 14.2. The predicted octanol–water partition coefficient (Wildman–Crippen LogP) is 4.96. The number of nitrogens with zero attached hydrogens (tertiary/aromatic N) is 4. The van der Waals surface area contributed by atoms with Crippen molar-refractivity contribution < 1.29 is 24.6 Å². The van der Waals surface area contributed by atoms with Gasteiger partial charge in [-0.25, -0.2) is 0 Å². The lowest BCUT2D eigenvalue weighted by atomic mass is 9.83. The molecular formula is C43H47N5O5. The fraction of sp³-hybridized carbons (Fsp3) is 0.326. The molecule has 2 fully saturated rings. The van der Waals surface area contributed by atoms with Crippen molar-refractivity contribution in [1.29, 1.82) is 0 Å². The molecule has 4 aromatic carbocycles. The van der Waals surface area contributed by atoms with E-state index < -0.39 is 23.0 Å². The van der Waals surface area contributed by atoms with Crippen molar-refractivity contribution in [2.75, 3.05) is 47.6 Å². The molecule has 10 heteroatoms. The van der Waals surface area contributed by atoms with Gasteiger partial charge in [-0.3, -0.25) is 19.3 Å². The Morgan fingerprint density at radius 3 is 2.26 bits per heavy atom. The Kier molecular flexibility index (Phi) is 10.5. The Balaban J connectivity index is 1.09. The van der Waals surface area contributed by atoms with E-state index in [0.29, 0.717) is 37.3 Å². The zero-order valence-corrected chi connectivity index (χ0v) is 30.1. The van der Waals surface area contributed by atoms with E-state index in [1.165, 1.54) is 0 Å². The number of rotatable bonds is 12. The fourth-order valence-corrected chi connectivity index (χ4v) is 8.09. The normalized spacial score (nSPS) is 20.0. The van der Waals surface area contributed by atoms with Crippen LogP contribution in [0.2, 0.25) is 0 Å². The molecule has 274 valence electrons. The van der Waals surface area contributed by atoms with Crippen molar-refractivity contribution in [1.82, 2.24) is 10.2 Å². The van der Waals surface area contributed by atoms with Gasteiger partial charge in [-0.2, -0.15) is 0 Å². The summed E-state index contributed by atoms with van der Waals surface area (Å²) in [5.74, 6) is -1.17. The number of nitrogens with one attached hydrogen (secondary N) is 1. The van der Waals surface area contributed by atoms with Gasteiger partial charge in [0.2, 0.25) is 5.91 Å². The zero-order valence-electron chi connectivity index (χ0n) is 30.1. The van der Waals surface area contributed by atoms with Crippen LogP contribution in [-0.2, 0) is 33.1 Å². The quantitative estimate of drug-likeness (QED) is 0.178. The predicted molar refractivity (Wildman–Crippen MR) is 206 cm³/mol. The molecule has 3 N–H and O–H groups in total. The van der Waals surface area contributed by atoms with Crippen molar-refractivity contribution >= 4 is 34.8 Å². The summed E-state index contributed by atoms with van der Waals surface area (Å²) in [5.41, 5.74) is 2.24. The van der Waals surface area contributed by atoms with Crippen molar-refractivity contribution in [3.05, 3.63) is 138 Å². The van der Waals surface area contributed by atoms with E-state index in [2.05, 4.69) is 22.3 Å². The highest BCUT2D eigenvalue weighted by molar-refractivity contribution is 6.08. The van der Waals surface area contributed by atoms with Crippen LogP contribution in [0.4, 0.5) is 17.1 Å². The number of piperidine rings is 1. The summed E-state index contributed by atoms with van der Waals surface area (Å²) in [4.78, 5) is 49.0. The summed E-state index contributed by atoms with van der Waals surface area (Å²) < 4.78 is 0. The zero-order chi connectivity index (χ0) is 37.0. The number of carbonyl (C=O) groups excluding carboxylic acids is 3. The van der Waals surface area contributed by atoms with Crippen LogP contribution in [0, 0.1) is 5.92 Å². The van der Waals surface area contributed by atoms with E-state index in [0.717, 1.165) is 35.6 Å². The molecule has 53 heavy (non-hydrogen) atoms. The first-order valence-corrected chi connectivity index (χ1v) is 18.4. The molecule has 10 nitrogen and oxygen atoms in total. The van der Waals surface area contributed by atoms with Gasteiger partial charge in [0, 0.05) is 42.4 Å². The monoisotopic (exact) mass is 713 g/mol. The van der Waals surface area contributed by atoms with Crippen molar-refractivity contribution in [2.45, 2.75) is 50.4 Å². The number of hydrogen-bond acceptors (Lipinski definition) is 7. The number of anilines is 3. The van der Waals surface area contributed by atoms with E-state index in [-0.39, 0.29) is 37.9 Å². The summed E-state index contributed by atoms with van der Waals surface area (Å²) >= 11 is 0. The molecule has 3 aliphatic heterocycles. The highest BCUT2D eigenvalue weighted by Crippen LogP contribution is 2.46. The molecule has 2 atom stereocenters. The molecule has 0 aromatic heterocycles. The van der Waals surface area contributed by atoms with Crippen LogP contribution in [0.15, 0.2) is 121 Å². The number of hydrogen-bond donors (Lipinski definition) is 3. The van der Waals surface area contributed by atoms with Gasteiger partial charge >= 0.3 is 0 Å². The molecule has 0 aliphatic carbocycles. The van der Waals surface area contributed by atoms with E-state index in [4.69, 9.17) is 0 Å². The number of benzene rings is 4. The van der Waals surface area contributed by atoms with Crippen LogP contribution < -0.4 is 20.0 Å². The lowest BCUT2D eigenvalue weighted by Crippen LogP contribution is -2.55. The first kappa shape index (κ1) is 36.1. The maximum absolute atomic E-state index is 14.3. The molecule has 7 rings (SSSR count). The maximum Gasteiger partial charge on any atom is 0.264 e. The molecule has 0 saturated carbocycles. The van der Waals surface area contributed by atoms with Gasteiger partial charge in [0.25, 0.3) is 11.8 Å². The van der Waals surface area contributed by atoms with Gasteiger partial charge in [0.1, 0.15) is 5.54 Å². The van der Waals surface area contributed by atoms with Crippen LogP contribution in [0.25, 0.3) is 0 Å². The largest absolute Gasteiger partial charge is 0.395 e. The van der Waals surface area contributed by atoms with Gasteiger partial charge in [-0.15, -0.1) is 0 Å². The number of amides is 3. The van der Waals surface area contributed by atoms with Crippen LogP contribution in [-0.4, -0.2) is 71.3 Å².